The number of carboxylic acid groups (broad SMARTS) is 1. The molecule has 1 aromatic carbocycles. The van der Waals surface area contributed by atoms with Crippen molar-refractivity contribution >= 4 is 17.8 Å². The number of phenolic OH excluding ortho intramolecular Hbond substituents is 1. The number of hydrogen-bond donors (Lipinski definition) is 6. The van der Waals surface area contributed by atoms with Crippen LogP contribution in [0.4, 0.5) is 0 Å². The Balaban J connectivity index is 2.96. The van der Waals surface area contributed by atoms with Crippen LogP contribution in [0.2, 0.25) is 0 Å². The number of nitrogens with one attached hydrogen (secondary N) is 2. The van der Waals surface area contributed by atoms with Crippen molar-refractivity contribution in [2.75, 3.05) is 6.54 Å². The Morgan fingerprint density at radius 1 is 1.03 bits per heavy atom. The summed E-state index contributed by atoms with van der Waals surface area (Å²) in [6.45, 7) is 4.20. The first-order valence-electron chi connectivity index (χ1n) is 10.3. The second-order valence-electron chi connectivity index (χ2n) is 7.53. The fraction of sp³-hybridized carbons (Fsp3) is 0.571. The molecule has 4 atom stereocenters. The van der Waals surface area contributed by atoms with E-state index in [9.17, 15) is 24.6 Å². The first-order chi connectivity index (χ1) is 14.2. The smallest absolute Gasteiger partial charge is 0.326 e. The molecule has 9 nitrogen and oxygen atoms in total. The maximum absolute atomic E-state index is 12.9. The average Bonchev–Trinajstić information content (AvgIpc) is 2.72. The second kappa shape index (κ2) is 12.8. The Hall–Kier alpha value is -2.65. The number of hydrogen-bond acceptors (Lipinski definition) is 6. The van der Waals surface area contributed by atoms with Gasteiger partial charge in [-0.15, -0.1) is 0 Å². The van der Waals surface area contributed by atoms with E-state index >= 15 is 0 Å². The first kappa shape index (κ1) is 25.4. The molecule has 0 radical (unpaired) electrons. The minimum atomic E-state index is -1.15. The lowest BCUT2D eigenvalue weighted by atomic mass is 9.98. The molecule has 2 amide bonds. The zero-order valence-corrected chi connectivity index (χ0v) is 17.6. The van der Waals surface area contributed by atoms with Crippen LogP contribution in [0, 0.1) is 5.92 Å². The monoisotopic (exact) mass is 422 g/mol. The van der Waals surface area contributed by atoms with Crippen molar-refractivity contribution in [3.8, 4) is 5.75 Å². The van der Waals surface area contributed by atoms with Crippen LogP contribution in [0.3, 0.4) is 0 Å². The van der Waals surface area contributed by atoms with Crippen molar-refractivity contribution in [1.29, 1.82) is 0 Å². The SMILES string of the molecule is CCC(C)C(N)C(=O)NC(Cc1ccc(O)cc1)C(=O)NC(CCCCN)C(=O)O. The average molecular weight is 423 g/mol. The lowest BCUT2D eigenvalue weighted by Crippen LogP contribution is -2.56. The van der Waals surface area contributed by atoms with Crippen molar-refractivity contribution in [2.24, 2.45) is 17.4 Å². The van der Waals surface area contributed by atoms with Crippen molar-refractivity contribution in [3.05, 3.63) is 29.8 Å². The van der Waals surface area contributed by atoms with E-state index in [1.165, 1.54) is 12.1 Å². The van der Waals surface area contributed by atoms with Gasteiger partial charge in [0.05, 0.1) is 6.04 Å². The highest BCUT2D eigenvalue weighted by atomic mass is 16.4. The van der Waals surface area contributed by atoms with Crippen LogP contribution >= 0.6 is 0 Å². The summed E-state index contributed by atoms with van der Waals surface area (Å²) < 4.78 is 0. The van der Waals surface area contributed by atoms with Gasteiger partial charge in [0.1, 0.15) is 17.8 Å². The maximum atomic E-state index is 12.9. The highest BCUT2D eigenvalue weighted by Gasteiger charge is 2.29. The predicted molar refractivity (Wildman–Crippen MR) is 114 cm³/mol. The molecule has 1 aromatic rings. The van der Waals surface area contributed by atoms with E-state index in [2.05, 4.69) is 10.6 Å². The van der Waals surface area contributed by atoms with E-state index in [1.807, 2.05) is 13.8 Å². The highest BCUT2D eigenvalue weighted by Crippen LogP contribution is 2.13. The Morgan fingerprint density at radius 3 is 2.17 bits per heavy atom. The number of unbranched alkanes of at least 4 members (excludes halogenated alkanes) is 1. The van der Waals surface area contributed by atoms with Gasteiger partial charge >= 0.3 is 5.97 Å². The topological polar surface area (TPSA) is 168 Å². The van der Waals surface area contributed by atoms with Crippen LogP contribution in [-0.4, -0.2) is 52.7 Å². The predicted octanol–water partition coefficient (Wildman–Crippen LogP) is 0.491. The van der Waals surface area contributed by atoms with Gasteiger partial charge in [0.25, 0.3) is 0 Å². The van der Waals surface area contributed by atoms with Crippen LogP contribution in [0.25, 0.3) is 0 Å². The molecule has 30 heavy (non-hydrogen) atoms. The van der Waals surface area contributed by atoms with Gasteiger partial charge in [0.2, 0.25) is 11.8 Å². The standard InChI is InChI=1S/C21H34N4O5/c1-3-13(2)18(23)20(28)25-17(12-14-7-9-15(26)10-8-14)19(27)24-16(21(29)30)6-4-5-11-22/h7-10,13,16-18,26H,3-6,11-12,22-23H2,1-2H3,(H,24,27)(H,25,28)(H,29,30). The highest BCUT2D eigenvalue weighted by molar-refractivity contribution is 5.92. The molecule has 0 heterocycles. The molecule has 0 bridgehead atoms. The number of rotatable bonds is 13. The lowest BCUT2D eigenvalue weighted by Gasteiger charge is -2.24. The van der Waals surface area contributed by atoms with Gasteiger partial charge < -0.3 is 32.3 Å². The minimum absolute atomic E-state index is 0.0772. The molecule has 0 saturated carbocycles. The molecule has 0 aliphatic rings. The van der Waals surface area contributed by atoms with E-state index in [0.29, 0.717) is 31.4 Å². The van der Waals surface area contributed by atoms with E-state index in [-0.39, 0.29) is 24.5 Å². The molecule has 4 unspecified atom stereocenters. The fourth-order valence-electron chi connectivity index (χ4n) is 2.88. The number of phenols is 1. The number of carbonyl (C=O) groups excluding carboxylic acids is 2. The van der Waals surface area contributed by atoms with Crippen LogP contribution in [0.5, 0.6) is 5.75 Å². The third-order valence-corrected chi connectivity index (χ3v) is 5.13. The Kier molecular flexibility index (Phi) is 10.8. The van der Waals surface area contributed by atoms with Gasteiger partial charge in [-0.25, -0.2) is 4.79 Å². The van der Waals surface area contributed by atoms with Crippen molar-refractivity contribution in [3.63, 3.8) is 0 Å². The Labute approximate surface area is 177 Å². The summed E-state index contributed by atoms with van der Waals surface area (Å²) in [6.07, 6.45) is 2.27. The molecular formula is C21H34N4O5. The van der Waals surface area contributed by atoms with Gasteiger partial charge in [-0.05, 0) is 49.4 Å². The Morgan fingerprint density at radius 2 is 1.63 bits per heavy atom. The molecule has 0 aliphatic carbocycles. The van der Waals surface area contributed by atoms with Crippen LogP contribution in [0.1, 0.15) is 45.1 Å². The number of benzene rings is 1. The summed E-state index contributed by atoms with van der Waals surface area (Å²) in [6, 6.07) is 3.34. The van der Waals surface area contributed by atoms with Crippen LogP contribution < -0.4 is 22.1 Å². The number of nitrogens with two attached hydrogens (primary N) is 2. The second-order valence-corrected chi connectivity index (χ2v) is 7.53. The number of aromatic hydroxyl groups is 1. The molecule has 0 spiro atoms. The van der Waals surface area contributed by atoms with E-state index in [1.54, 1.807) is 12.1 Å². The minimum Gasteiger partial charge on any atom is -0.508 e. The van der Waals surface area contributed by atoms with Gasteiger partial charge in [-0.1, -0.05) is 32.4 Å². The first-order valence-corrected chi connectivity index (χ1v) is 10.3. The van der Waals surface area contributed by atoms with Gasteiger partial charge in [0, 0.05) is 6.42 Å². The molecule has 9 heteroatoms. The van der Waals surface area contributed by atoms with Gasteiger partial charge in [-0.2, -0.15) is 0 Å². The molecule has 0 aromatic heterocycles. The third-order valence-electron chi connectivity index (χ3n) is 5.13. The summed E-state index contributed by atoms with van der Waals surface area (Å²) >= 11 is 0. The van der Waals surface area contributed by atoms with E-state index < -0.39 is 35.9 Å². The van der Waals surface area contributed by atoms with Crippen molar-refractivity contribution < 1.29 is 24.6 Å². The molecule has 0 aliphatic heterocycles. The normalized spacial score (nSPS) is 14.9. The number of carbonyl (C=O) groups is 3. The van der Waals surface area contributed by atoms with E-state index in [0.717, 1.165) is 0 Å². The molecule has 0 saturated heterocycles. The zero-order chi connectivity index (χ0) is 22.7. The third kappa shape index (κ3) is 8.38. The van der Waals surface area contributed by atoms with Crippen molar-refractivity contribution in [1.82, 2.24) is 10.6 Å². The van der Waals surface area contributed by atoms with Gasteiger partial charge in [-0.3, -0.25) is 9.59 Å². The molecule has 0 fully saturated rings. The fourth-order valence-corrected chi connectivity index (χ4v) is 2.88. The number of aliphatic carboxylic acids is 1. The number of carboxylic acids is 1. The summed E-state index contributed by atoms with van der Waals surface area (Å²) in [7, 11) is 0. The largest absolute Gasteiger partial charge is 0.508 e. The quantitative estimate of drug-likeness (QED) is 0.251. The summed E-state index contributed by atoms with van der Waals surface area (Å²) in [4.78, 5) is 36.9. The lowest BCUT2D eigenvalue weighted by molar-refractivity contribution is -0.142. The van der Waals surface area contributed by atoms with Crippen LogP contribution in [-0.2, 0) is 20.8 Å². The molecule has 168 valence electrons. The summed E-state index contributed by atoms with van der Waals surface area (Å²) in [5, 5.41) is 24.0. The van der Waals surface area contributed by atoms with Crippen molar-refractivity contribution in [2.45, 2.75) is 64.1 Å². The van der Waals surface area contributed by atoms with Gasteiger partial charge in [0.15, 0.2) is 0 Å². The molecule has 8 N–H and O–H groups in total. The molecular weight excluding hydrogens is 388 g/mol. The summed E-state index contributed by atoms with van der Waals surface area (Å²) in [5.41, 5.74) is 12.1. The Bertz CT molecular complexity index is 695. The van der Waals surface area contributed by atoms with Crippen LogP contribution in [0.15, 0.2) is 24.3 Å². The number of amides is 2. The zero-order valence-electron chi connectivity index (χ0n) is 17.6. The maximum Gasteiger partial charge on any atom is 0.326 e. The molecule has 1 rings (SSSR count). The van der Waals surface area contributed by atoms with E-state index in [4.69, 9.17) is 11.5 Å². The summed E-state index contributed by atoms with van der Waals surface area (Å²) in [5.74, 6) is -2.23.